The van der Waals surface area contributed by atoms with Crippen molar-refractivity contribution in [2.24, 2.45) is 0 Å². The monoisotopic (exact) mass is 666 g/mol. The van der Waals surface area contributed by atoms with Crippen LogP contribution >= 0.6 is 0 Å². The van der Waals surface area contributed by atoms with Crippen molar-refractivity contribution in [3.05, 3.63) is 169 Å². The molecule has 2 aliphatic rings. The molecule has 11 rings (SSSR count). The lowest BCUT2D eigenvalue weighted by atomic mass is 9.78. The lowest BCUT2D eigenvalue weighted by Gasteiger charge is -2.28. The Balaban J connectivity index is 0.985. The van der Waals surface area contributed by atoms with E-state index < -0.39 is 0 Å². The highest BCUT2D eigenvalue weighted by molar-refractivity contribution is 6.13. The largest absolute Gasteiger partial charge is 0.310 e. The summed E-state index contributed by atoms with van der Waals surface area (Å²) in [4.78, 5) is 2.40. The van der Waals surface area contributed by atoms with Gasteiger partial charge < -0.3 is 9.47 Å². The Morgan fingerprint density at radius 1 is 0.404 bits per heavy atom. The number of hydrogen-bond donors (Lipinski definition) is 0. The predicted molar refractivity (Wildman–Crippen MR) is 221 cm³/mol. The first-order valence-electron chi connectivity index (χ1n) is 18.9. The lowest BCUT2D eigenvalue weighted by Crippen LogP contribution is -2.10. The van der Waals surface area contributed by atoms with Crippen molar-refractivity contribution in [1.29, 1.82) is 0 Å². The van der Waals surface area contributed by atoms with Crippen LogP contribution in [-0.2, 0) is 0 Å². The van der Waals surface area contributed by atoms with Gasteiger partial charge >= 0.3 is 0 Å². The predicted octanol–water partition coefficient (Wildman–Crippen LogP) is 14.3. The van der Waals surface area contributed by atoms with Crippen molar-refractivity contribution in [3.8, 4) is 27.9 Å². The quantitative estimate of drug-likeness (QED) is 0.177. The second-order valence-corrected chi connectivity index (χ2v) is 14.8. The maximum Gasteiger partial charge on any atom is 0.0541 e. The molecule has 0 amide bonds. The van der Waals surface area contributed by atoms with E-state index in [0.717, 1.165) is 0 Å². The Kier molecular flexibility index (Phi) is 6.67. The van der Waals surface area contributed by atoms with Crippen LogP contribution in [0, 0.1) is 0 Å². The molecule has 1 heterocycles. The molecule has 0 radical (unpaired) electrons. The molecule has 0 N–H and O–H groups in total. The van der Waals surface area contributed by atoms with Gasteiger partial charge in [-0.15, -0.1) is 0 Å². The second-order valence-electron chi connectivity index (χ2n) is 14.8. The Morgan fingerprint density at radius 2 is 0.923 bits per heavy atom. The minimum absolute atomic E-state index is 0.701. The van der Waals surface area contributed by atoms with Crippen molar-refractivity contribution in [3.63, 3.8) is 0 Å². The maximum atomic E-state index is 2.41. The highest BCUT2D eigenvalue weighted by Gasteiger charge is 2.25. The fourth-order valence-electron chi connectivity index (χ4n) is 9.23. The lowest BCUT2D eigenvalue weighted by molar-refractivity contribution is 0.443. The molecule has 1 fully saturated rings. The summed E-state index contributed by atoms with van der Waals surface area (Å²) in [6.45, 7) is 0. The van der Waals surface area contributed by atoms with Crippen molar-refractivity contribution >= 4 is 60.4 Å². The summed E-state index contributed by atoms with van der Waals surface area (Å²) >= 11 is 0. The number of fused-ring (bicyclic) bond motifs is 9. The highest BCUT2D eigenvalue weighted by Crippen LogP contribution is 2.51. The van der Waals surface area contributed by atoms with E-state index in [1.165, 1.54) is 126 Å². The molecule has 248 valence electrons. The third-order valence-corrected chi connectivity index (χ3v) is 11.8. The molecule has 2 heteroatoms. The molecule has 0 atom stereocenters. The molecule has 2 nitrogen and oxygen atoms in total. The molecule has 0 unspecified atom stereocenters. The van der Waals surface area contributed by atoms with Crippen LogP contribution in [-0.4, -0.2) is 4.57 Å². The third-order valence-electron chi connectivity index (χ3n) is 11.8. The van der Waals surface area contributed by atoms with Gasteiger partial charge in [0, 0.05) is 33.5 Å². The van der Waals surface area contributed by atoms with E-state index in [4.69, 9.17) is 0 Å². The van der Waals surface area contributed by atoms with Crippen LogP contribution in [0.2, 0.25) is 0 Å². The fourth-order valence-corrected chi connectivity index (χ4v) is 9.23. The van der Waals surface area contributed by atoms with E-state index in [2.05, 4.69) is 173 Å². The Labute approximate surface area is 304 Å². The molecule has 52 heavy (non-hydrogen) atoms. The van der Waals surface area contributed by atoms with E-state index in [1.807, 2.05) is 0 Å². The SMILES string of the molecule is c1ccc(N(c2ccc(C3CCCCC3)cc2)c2ccc3cc4c(cc3c2)-c2cc3cc(-n5c6ccccc6c6ccccc65)ccc3cc2-4)cc1. The second kappa shape index (κ2) is 11.7. The van der Waals surface area contributed by atoms with Crippen LogP contribution in [0.1, 0.15) is 43.6 Å². The summed E-state index contributed by atoms with van der Waals surface area (Å²) in [6, 6.07) is 61.2. The number of para-hydroxylation sites is 3. The Hall–Kier alpha value is -6.12. The van der Waals surface area contributed by atoms with Crippen LogP contribution in [0.3, 0.4) is 0 Å². The van der Waals surface area contributed by atoms with E-state index >= 15 is 0 Å². The van der Waals surface area contributed by atoms with Crippen molar-refractivity contribution in [2.75, 3.05) is 4.90 Å². The minimum Gasteiger partial charge on any atom is -0.310 e. The minimum atomic E-state index is 0.701. The smallest absolute Gasteiger partial charge is 0.0541 e. The summed E-state index contributed by atoms with van der Waals surface area (Å²) < 4.78 is 2.41. The zero-order valence-corrected chi connectivity index (χ0v) is 29.1. The average molecular weight is 667 g/mol. The van der Waals surface area contributed by atoms with E-state index in [-0.39, 0.29) is 0 Å². The van der Waals surface area contributed by atoms with Crippen LogP contribution in [0.25, 0.3) is 71.3 Å². The molecule has 0 spiro atoms. The van der Waals surface area contributed by atoms with E-state index in [9.17, 15) is 0 Å². The van der Waals surface area contributed by atoms with Gasteiger partial charge in [-0.05, 0) is 153 Å². The molecule has 1 aromatic heterocycles. The zero-order chi connectivity index (χ0) is 34.2. The van der Waals surface area contributed by atoms with Crippen LogP contribution in [0.4, 0.5) is 17.1 Å². The van der Waals surface area contributed by atoms with Gasteiger partial charge in [-0.2, -0.15) is 0 Å². The highest BCUT2D eigenvalue weighted by atomic mass is 15.1. The summed E-state index contributed by atoms with van der Waals surface area (Å²) in [5, 5.41) is 7.66. The van der Waals surface area contributed by atoms with Crippen LogP contribution in [0.15, 0.2) is 164 Å². The molecule has 0 saturated heterocycles. The van der Waals surface area contributed by atoms with Gasteiger partial charge in [-0.1, -0.05) is 98.1 Å². The number of aromatic nitrogens is 1. The molecular weight excluding hydrogens is 629 g/mol. The van der Waals surface area contributed by atoms with Gasteiger partial charge in [0.2, 0.25) is 0 Å². The topological polar surface area (TPSA) is 8.17 Å². The number of nitrogens with zero attached hydrogens (tertiary/aromatic N) is 2. The molecule has 0 bridgehead atoms. The average Bonchev–Trinajstić information content (AvgIpc) is 3.55. The summed E-state index contributed by atoms with van der Waals surface area (Å²) in [5.41, 5.74) is 14.1. The van der Waals surface area contributed by atoms with Gasteiger partial charge in [0.25, 0.3) is 0 Å². The first-order chi connectivity index (χ1) is 25.8. The maximum absolute atomic E-state index is 2.41. The molecule has 1 saturated carbocycles. The van der Waals surface area contributed by atoms with Crippen molar-refractivity contribution < 1.29 is 0 Å². The van der Waals surface area contributed by atoms with Gasteiger partial charge in [-0.3, -0.25) is 0 Å². The number of benzene rings is 8. The first kappa shape index (κ1) is 29.6. The van der Waals surface area contributed by atoms with Crippen LogP contribution in [0.5, 0.6) is 0 Å². The summed E-state index contributed by atoms with van der Waals surface area (Å²) in [6.07, 6.45) is 6.73. The van der Waals surface area contributed by atoms with E-state index in [0.29, 0.717) is 5.92 Å². The molecule has 2 aliphatic carbocycles. The number of anilines is 3. The van der Waals surface area contributed by atoms with Crippen molar-refractivity contribution in [1.82, 2.24) is 4.57 Å². The van der Waals surface area contributed by atoms with Gasteiger partial charge in [0.05, 0.1) is 11.0 Å². The first-order valence-corrected chi connectivity index (χ1v) is 18.9. The Bertz CT molecular complexity index is 2770. The van der Waals surface area contributed by atoms with Gasteiger partial charge in [0.1, 0.15) is 0 Å². The van der Waals surface area contributed by atoms with Gasteiger partial charge in [0.15, 0.2) is 0 Å². The molecule has 0 aliphatic heterocycles. The normalized spacial score (nSPS) is 14.1. The van der Waals surface area contributed by atoms with Crippen molar-refractivity contribution in [2.45, 2.75) is 38.0 Å². The molecule has 9 aromatic rings. The Morgan fingerprint density at radius 3 is 1.58 bits per heavy atom. The van der Waals surface area contributed by atoms with Crippen LogP contribution < -0.4 is 4.90 Å². The molecule has 8 aromatic carbocycles. The standard InChI is InChI=1S/C50H38N2/c1-3-11-33(12-4-1)34-19-23-40(24-20-34)51(39-13-5-2-6-14-39)41-25-21-35-29-45-46-30-36-22-26-42(28-38(36)32-48(46)47(45)31-37(35)27-41)52-49-17-9-7-15-43(49)44-16-8-10-18-50(44)52/h2,5-10,13-33H,1,3-4,11-12H2. The summed E-state index contributed by atoms with van der Waals surface area (Å²) in [7, 11) is 0. The fraction of sp³-hybridized carbons (Fsp3) is 0.120. The zero-order valence-electron chi connectivity index (χ0n) is 29.1. The number of rotatable bonds is 5. The molecular formula is C50H38N2. The third kappa shape index (κ3) is 4.64. The summed E-state index contributed by atoms with van der Waals surface area (Å²) in [5.74, 6) is 0.701. The van der Waals surface area contributed by atoms with Gasteiger partial charge in [-0.25, -0.2) is 0 Å². The van der Waals surface area contributed by atoms with E-state index in [1.54, 1.807) is 0 Å². The number of hydrogen-bond acceptors (Lipinski definition) is 1.